The van der Waals surface area contributed by atoms with Gasteiger partial charge < -0.3 is 14.2 Å². The lowest BCUT2D eigenvalue weighted by Gasteiger charge is -2.22. The Labute approximate surface area is 391 Å². The number of hydrogen-bond acceptors (Lipinski definition) is 15. The van der Waals surface area contributed by atoms with E-state index in [1.807, 2.05) is 5.32 Å². The summed E-state index contributed by atoms with van der Waals surface area (Å²) in [6.07, 6.45) is 1.17. The molecule has 0 saturated heterocycles. The second-order valence-electron chi connectivity index (χ2n) is 12.4. The van der Waals surface area contributed by atoms with Gasteiger partial charge in [0.25, 0.3) is 11.8 Å². The van der Waals surface area contributed by atoms with Gasteiger partial charge in [0.2, 0.25) is 29.0 Å². The highest BCUT2D eigenvalue weighted by molar-refractivity contribution is 9.11. The number of anilines is 1. The number of ether oxygens (including phenoxy) is 3. The molecule has 0 aliphatic carbocycles. The summed E-state index contributed by atoms with van der Waals surface area (Å²) in [6, 6.07) is 9.55. The first-order valence-electron chi connectivity index (χ1n) is 20.5. The lowest BCUT2D eigenvalue weighted by atomic mass is 9.97. The molecule has 3 aliphatic rings. The summed E-state index contributed by atoms with van der Waals surface area (Å²) in [5.74, 6) is -4.28. The number of halogens is 4. The van der Waals surface area contributed by atoms with Gasteiger partial charge in [0.15, 0.2) is 23.1 Å². The van der Waals surface area contributed by atoms with Crippen molar-refractivity contribution in [1.82, 2.24) is 5.32 Å². The number of benzene rings is 2. The van der Waals surface area contributed by atoms with Crippen molar-refractivity contribution < 1.29 is 51.2 Å². The molecule has 3 heterocycles. The van der Waals surface area contributed by atoms with E-state index in [1.165, 1.54) is 38.1 Å². The summed E-state index contributed by atoms with van der Waals surface area (Å²) in [5, 5.41) is 24.8. The second-order valence-corrected chi connectivity index (χ2v) is 15.9. The van der Waals surface area contributed by atoms with Crippen LogP contribution in [0.2, 0.25) is 0 Å². The largest absolute Gasteiger partial charge is 0.450 e. The van der Waals surface area contributed by atoms with Crippen LogP contribution in [0.25, 0.3) is 0 Å². The minimum atomic E-state index is -2.35. The Morgan fingerprint density at radius 2 is 1.38 bits per heavy atom. The van der Waals surface area contributed by atoms with E-state index in [4.69, 9.17) is 23.0 Å². The lowest BCUT2D eigenvalue weighted by molar-refractivity contribution is -0.124. The standard InChI is InChI=1S/C21H20Br2N4O5.C19H14Br2N4O4/c1-4-31-21(30)27-20(29)16(8-24)25-9-12-5-14(22)19(15(23)6-12)32-18-7-13(11(2)3)17(28)10-26-18;1-9(2)11-5-17(23-8-16(11)27)29-19-12(20)3-10(4-13(19)21)25-18(28)6-15(26)14(7-22)24-25/h5-7,11H,4,9-10H2,1-3H3,(H,27,29,30);3-5,9H,6,8H2,1-2H3/i2D3;1D3. The van der Waals surface area contributed by atoms with E-state index in [0.29, 0.717) is 29.2 Å². The number of carbonyl (C=O) groups excluding carboxylic acids is 6. The Kier molecular flexibility index (Phi) is 14.2. The summed E-state index contributed by atoms with van der Waals surface area (Å²) < 4.78 is 63.2. The van der Waals surface area contributed by atoms with Gasteiger partial charge in [-0.05, 0) is 112 Å². The molecular weight excluding hydrogens is 1060 g/mol. The number of ketones is 3. The molecule has 0 saturated carbocycles. The van der Waals surface area contributed by atoms with Gasteiger partial charge in [-0.3, -0.25) is 34.3 Å². The number of Topliss-reactive ketones (excluding diaryl/α,β-unsaturated/α-hetero) is 3. The Balaban J connectivity index is 0.000000293. The minimum Gasteiger partial charge on any atom is -0.450 e. The average molecular weight is 1100 g/mol. The molecular formula is C40H34Br4N8O9. The Bertz CT molecular complexity index is 2660. The number of hydrazone groups is 1. The maximum atomic E-state index is 12.2. The molecule has 17 nitrogen and oxygen atoms in total. The number of alkyl carbamates (subject to hydrolysis) is 1. The minimum absolute atomic E-state index is 0.0503. The molecule has 3 amide bonds. The lowest BCUT2D eigenvalue weighted by Crippen LogP contribution is -2.36. The van der Waals surface area contributed by atoms with Gasteiger partial charge in [-0.15, -0.1) is 0 Å². The third kappa shape index (κ3) is 12.8. The predicted octanol–water partition coefficient (Wildman–Crippen LogP) is 7.23. The summed E-state index contributed by atoms with van der Waals surface area (Å²) in [5.41, 5.74) is 0.182. The summed E-state index contributed by atoms with van der Waals surface area (Å²) in [7, 11) is 0. The van der Waals surface area contributed by atoms with Crippen molar-refractivity contribution in [2.45, 2.75) is 47.4 Å². The highest BCUT2D eigenvalue weighted by Crippen LogP contribution is 2.39. The summed E-state index contributed by atoms with van der Waals surface area (Å²) in [6.45, 7) is -0.703. The SMILES string of the molecule is [2H]C([2H])([2H])C(C)C1=CC(Oc2c(Br)cc(CN=C(C#N)C(=O)NC(=O)OCC)cc2Br)=NCC1=O.[2H]C([2H])([2H])C(C)C1=CC(Oc2c(Br)cc(N3N=C(C#N)C(=O)CC3=O)cc2Br)=NCC1=O. The molecule has 21 heteroatoms. The van der Waals surface area contributed by atoms with Gasteiger partial charge in [-0.2, -0.15) is 20.6 Å². The van der Waals surface area contributed by atoms with Crippen molar-refractivity contribution in [1.29, 1.82) is 10.5 Å². The van der Waals surface area contributed by atoms with Crippen molar-refractivity contribution in [3.63, 3.8) is 0 Å². The molecule has 3 aliphatic heterocycles. The Morgan fingerprint density at radius 1 is 0.869 bits per heavy atom. The zero-order valence-corrected chi connectivity index (χ0v) is 38.3. The number of nitrogens with zero attached hydrogens (tertiary/aromatic N) is 7. The topological polar surface area (TPSA) is 242 Å². The maximum Gasteiger partial charge on any atom is 0.414 e. The van der Waals surface area contributed by atoms with Crippen LogP contribution in [-0.2, 0) is 35.3 Å². The van der Waals surface area contributed by atoms with E-state index in [1.54, 1.807) is 31.2 Å². The fourth-order valence-electron chi connectivity index (χ4n) is 5.07. The van der Waals surface area contributed by atoms with Gasteiger partial charge in [-0.25, -0.2) is 14.8 Å². The van der Waals surface area contributed by atoms with Crippen molar-refractivity contribution >= 4 is 128 Å². The second kappa shape index (κ2) is 21.9. The maximum absolute atomic E-state index is 12.2. The smallest absolute Gasteiger partial charge is 0.414 e. The molecule has 2 aromatic carbocycles. The third-order valence-corrected chi connectivity index (χ3v) is 10.3. The van der Waals surface area contributed by atoms with Crippen LogP contribution in [0, 0.1) is 34.5 Å². The Morgan fingerprint density at radius 3 is 1.84 bits per heavy atom. The van der Waals surface area contributed by atoms with Crippen molar-refractivity contribution in [3.05, 3.63) is 71.0 Å². The predicted molar refractivity (Wildman–Crippen MR) is 237 cm³/mol. The first kappa shape index (κ1) is 39.6. The zero-order valence-electron chi connectivity index (χ0n) is 38.0. The summed E-state index contributed by atoms with van der Waals surface area (Å²) in [4.78, 5) is 83.6. The van der Waals surface area contributed by atoms with E-state index in [2.05, 4.69) is 88.5 Å². The number of aliphatic imine (C=N–C) groups is 3. The number of dihydropyridines is 2. The fraction of sp³-hybridized carbons (Fsp3) is 0.300. The zero-order chi connectivity index (χ0) is 50.1. The van der Waals surface area contributed by atoms with Gasteiger partial charge in [0.1, 0.15) is 25.2 Å². The summed E-state index contributed by atoms with van der Waals surface area (Å²) >= 11 is 13.4. The number of hydrogen-bond donors (Lipinski definition) is 1. The molecule has 0 spiro atoms. The van der Waals surface area contributed by atoms with Crippen molar-refractivity contribution in [2.24, 2.45) is 31.9 Å². The highest BCUT2D eigenvalue weighted by Gasteiger charge is 2.30. The molecule has 5 rings (SSSR count). The molecule has 0 radical (unpaired) electrons. The molecule has 0 bridgehead atoms. The molecule has 61 heavy (non-hydrogen) atoms. The quantitative estimate of drug-likeness (QED) is 0.194. The number of imide groups is 1. The third-order valence-electron chi connectivity index (χ3n) is 7.94. The van der Waals surface area contributed by atoms with Crippen molar-refractivity contribution in [3.8, 4) is 23.6 Å². The Hall–Kier alpha value is -5.48. The van der Waals surface area contributed by atoms with Crippen LogP contribution >= 0.6 is 63.7 Å². The molecule has 0 aromatic heterocycles. The van der Waals surface area contributed by atoms with E-state index in [9.17, 15) is 34.0 Å². The molecule has 2 atom stereocenters. The first-order valence-corrected chi connectivity index (χ1v) is 20.6. The monoisotopic (exact) mass is 1090 g/mol. The van der Waals surface area contributed by atoms with E-state index >= 15 is 0 Å². The van der Waals surface area contributed by atoms with E-state index in [-0.39, 0.29) is 72.1 Å². The van der Waals surface area contributed by atoms with Gasteiger partial charge >= 0.3 is 6.09 Å². The van der Waals surface area contributed by atoms with Crippen LogP contribution in [0.15, 0.2) is 85.5 Å². The highest BCUT2D eigenvalue weighted by atomic mass is 79.9. The van der Waals surface area contributed by atoms with Crippen LogP contribution < -0.4 is 19.8 Å². The van der Waals surface area contributed by atoms with E-state index in [0.717, 1.165) is 5.01 Å². The van der Waals surface area contributed by atoms with Gasteiger partial charge in [0.05, 0.1) is 43.2 Å². The van der Waals surface area contributed by atoms with Crippen LogP contribution in [0.3, 0.4) is 0 Å². The van der Waals surface area contributed by atoms with Crippen LogP contribution in [-0.4, -0.2) is 78.2 Å². The van der Waals surface area contributed by atoms with Crippen LogP contribution in [0.1, 0.15) is 54.7 Å². The molecule has 1 N–H and O–H groups in total. The number of rotatable bonds is 9. The fourth-order valence-corrected chi connectivity index (χ4v) is 7.84. The number of amides is 3. The molecule has 0 fully saturated rings. The van der Waals surface area contributed by atoms with Gasteiger partial charge in [-0.1, -0.05) is 27.6 Å². The molecule has 2 unspecified atom stereocenters. The molecule has 2 aromatic rings. The number of carbonyl (C=O) groups is 6. The normalized spacial score (nSPS) is 18.1. The van der Waals surface area contributed by atoms with Crippen molar-refractivity contribution in [2.75, 3.05) is 24.7 Å². The molecule has 316 valence electrons. The van der Waals surface area contributed by atoms with E-state index < -0.39 is 67.1 Å². The van der Waals surface area contributed by atoms with Gasteiger partial charge in [0, 0.05) is 31.5 Å². The number of nitrogens with one attached hydrogen (secondary N) is 1. The first-order chi connectivity index (χ1) is 31.3. The van der Waals surface area contributed by atoms with Crippen LogP contribution in [0.5, 0.6) is 11.5 Å². The van der Waals surface area contributed by atoms with Crippen LogP contribution in [0.4, 0.5) is 10.5 Å². The number of nitriles is 2. The average Bonchev–Trinajstić information content (AvgIpc) is 3.24.